The van der Waals surface area contributed by atoms with Gasteiger partial charge in [-0.15, -0.1) is 0 Å². The fraction of sp³-hybridized carbons (Fsp3) is 0.435. The van der Waals surface area contributed by atoms with Gasteiger partial charge in [-0.25, -0.2) is 4.79 Å². The Morgan fingerprint density at radius 3 is 2.67 bits per heavy atom. The third-order valence-corrected chi connectivity index (χ3v) is 6.55. The molecule has 1 aromatic heterocycles. The van der Waals surface area contributed by atoms with Gasteiger partial charge in [-0.05, 0) is 43.0 Å². The van der Waals surface area contributed by atoms with E-state index in [-0.39, 0.29) is 29.3 Å². The Bertz CT molecular complexity index is 823. The van der Waals surface area contributed by atoms with Gasteiger partial charge in [0.2, 0.25) is 0 Å². The zero-order chi connectivity index (χ0) is 19.0. The maximum atomic E-state index is 12.5. The number of carbonyl (C=O) groups excluding carboxylic acids is 1. The summed E-state index contributed by atoms with van der Waals surface area (Å²) in [5, 5.41) is 0. The summed E-state index contributed by atoms with van der Waals surface area (Å²) in [5.74, 6) is 1.38. The van der Waals surface area contributed by atoms with Gasteiger partial charge >= 0.3 is 5.97 Å². The number of allylic oxidation sites excluding steroid dienone is 1. The molecular formula is C23H26O4. The normalized spacial score (nSPS) is 32.6. The van der Waals surface area contributed by atoms with Gasteiger partial charge in [0.05, 0.1) is 18.4 Å². The van der Waals surface area contributed by atoms with Crippen molar-refractivity contribution in [2.75, 3.05) is 13.2 Å². The van der Waals surface area contributed by atoms with Crippen LogP contribution in [0.3, 0.4) is 0 Å². The van der Waals surface area contributed by atoms with Gasteiger partial charge in [0.15, 0.2) is 0 Å². The lowest BCUT2D eigenvalue weighted by molar-refractivity contribution is -0.170. The highest BCUT2D eigenvalue weighted by atomic mass is 16.5. The van der Waals surface area contributed by atoms with E-state index < -0.39 is 0 Å². The quantitative estimate of drug-likeness (QED) is 0.562. The predicted octanol–water partition coefficient (Wildman–Crippen LogP) is 5.04. The summed E-state index contributed by atoms with van der Waals surface area (Å²) >= 11 is 0. The lowest BCUT2D eigenvalue weighted by atomic mass is 9.56. The Morgan fingerprint density at radius 1 is 1.19 bits per heavy atom. The predicted molar refractivity (Wildman–Crippen MR) is 102 cm³/mol. The summed E-state index contributed by atoms with van der Waals surface area (Å²) in [6, 6.07) is 13.0. The van der Waals surface area contributed by atoms with E-state index in [9.17, 15) is 4.79 Å². The van der Waals surface area contributed by atoms with Crippen LogP contribution in [0.1, 0.15) is 43.0 Å². The molecule has 1 aliphatic heterocycles. The van der Waals surface area contributed by atoms with Crippen molar-refractivity contribution in [2.24, 2.45) is 23.2 Å². The summed E-state index contributed by atoms with van der Waals surface area (Å²) in [7, 11) is 0. The lowest BCUT2D eigenvalue weighted by Gasteiger charge is -2.54. The molecule has 3 unspecified atom stereocenters. The molecule has 0 spiro atoms. The van der Waals surface area contributed by atoms with Crippen LogP contribution in [0.4, 0.5) is 0 Å². The molecule has 0 N–H and O–H groups in total. The number of hydrogen-bond acceptors (Lipinski definition) is 4. The van der Waals surface area contributed by atoms with Crippen LogP contribution < -0.4 is 0 Å². The molecule has 4 rings (SSSR count). The highest BCUT2D eigenvalue weighted by molar-refractivity contribution is 5.89. The maximum absolute atomic E-state index is 12.5. The lowest BCUT2D eigenvalue weighted by Crippen LogP contribution is -2.54. The summed E-state index contributed by atoms with van der Waals surface area (Å²) in [6.07, 6.45) is 3.92. The average molecular weight is 366 g/mol. The maximum Gasteiger partial charge on any atom is 0.338 e. The molecule has 0 radical (unpaired) electrons. The van der Waals surface area contributed by atoms with Gasteiger partial charge in [0.25, 0.3) is 0 Å². The second-order valence-electron chi connectivity index (χ2n) is 7.94. The van der Waals surface area contributed by atoms with Crippen LogP contribution in [0.5, 0.6) is 0 Å². The molecule has 4 heteroatoms. The van der Waals surface area contributed by atoms with Crippen LogP contribution in [0.2, 0.25) is 0 Å². The highest BCUT2D eigenvalue weighted by Gasteiger charge is 2.55. The molecular weight excluding hydrogens is 340 g/mol. The second-order valence-corrected chi connectivity index (χ2v) is 7.94. The Kier molecular flexibility index (Phi) is 4.68. The first-order chi connectivity index (χ1) is 13.0. The Hall–Kier alpha value is -2.33. The van der Waals surface area contributed by atoms with Crippen molar-refractivity contribution < 1.29 is 18.7 Å². The Morgan fingerprint density at radius 2 is 1.96 bits per heavy atom. The topological polar surface area (TPSA) is 48.7 Å². The highest BCUT2D eigenvalue weighted by Crippen LogP contribution is 2.56. The number of ether oxygens (including phenoxy) is 2. The molecule has 1 aliphatic carbocycles. The molecule has 2 bridgehead atoms. The van der Waals surface area contributed by atoms with Crippen molar-refractivity contribution >= 4 is 5.97 Å². The number of benzene rings is 1. The molecule has 2 aliphatic rings. The van der Waals surface area contributed by atoms with E-state index in [1.807, 2.05) is 30.3 Å². The second kappa shape index (κ2) is 7.01. The van der Waals surface area contributed by atoms with Crippen LogP contribution in [-0.4, -0.2) is 19.2 Å². The van der Waals surface area contributed by atoms with E-state index in [2.05, 4.69) is 26.8 Å². The minimum absolute atomic E-state index is 0.0864. The number of carbonyl (C=O) groups is 1. The SMILES string of the molecule is CC1=CC(C)[C@@]2(COC(=O)c3ccccc3)COC(c3ccco3)[C@H]1C2C. The number of furan rings is 1. The van der Waals surface area contributed by atoms with Crippen LogP contribution in [0, 0.1) is 23.2 Å². The number of rotatable bonds is 4. The minimum atomic E-state index is -0.277. The van der Waals surface area contributed by atoms with Gasteiger partial charge in [0.1, 0.15) is 18.5 Å². The van der Waals surface area contributed by atoms with Gasteiger partial charge in [-0.2, -0.15) is 0 Å². The van der Waals surface area contributed by atoms with Gasteiger partial charge < -0.3 is 13.9 Å². The summed E-state index contributed by atoms with van der Waals surface area (Å²) in [5.41, 5.74) is 1.68. The molecule has 142 valence electrons. The van der Waals surface area contributed by atoms with Crippen molar-refractivity contribution in [3.63, 3.8) is 0 Å². The van der Waals surface area contributed by atoms with Crippen LogP contribution in [0.15, 0.2) is 64.8 Å². The molecule has 2 heterocycles. The average Bonchev–Trinajstić information content (AvgIpc) is 3.20. The molecule has 27 heavy (non-hydrogen) atoms. The number of esters is 1. The van der Waals surface area contributed by atoms with Crippen LogP contribution >= 0.6 is 0 Å². The number of hydrogen-bond donors (Lipinski definition) is 0. The van der Waals surface area contributed by atoms with Crippen molar-refractivity contribution in [1.82, 2.24) is 0 Å². The molecule has 1 fully saturated rings. The minimum Gasteiger partial charge on any atom is -0.467 e. The third-order valence-electron chi connectivity index (χ3n) is 6.55. The smallest absolute Gasteiger partial charge is 0.338 e. The number of fused-ring (bicyclic) bond motifs is 2. The van der Waals surface area contributed by atoms with Crippen molar-refractivity contribution in [3.05, 3.63) is 71.7 Å². The van der Waals surface area contributed by atoms with E-state index in [1.54, 1.807) is 18.4 Å². The Labute approximate surface area is 160 Å². The van der Waals surface area contributed by atoms with Gasteiger partial charge in [0, 0.05) is 11.3 Å². The van der Waals surface area contributed by atoms with E-state index in [1.165, 1.54) is 5.57 Å². The largest absolute Gasteiger partial charge is 0.467 e. The van der Waals surface area contributed by atoms with E-state index in [0.717, 1.165) is 5.76 Å². The fourth-order valence-electron chi connectivity index (χ4n) is 4.82. The summed E-state index contributed by atoms with van der Waals surface area (Å²) in [6.45, 7) is 7.52. The van der Waals surface area contributed by atoms with Crippen molar-refractivity contribution in [2.45, 2.75) is 26.9 Å². The first kappa shape index (κ1) is 18.1. The van der Waals surface area contributed by atoms with E-state index in [4.69, 9.17) is 13.9 Å². The summed E-state index contributed by atoms with van der Waals surface area (Å²) < 4.78 is 17.7. The van der Waals surface area contributed by atoms with E-state index in [0.29, 0.717) is 24.7 Å². The van der Waals surface area contributed by atoms with Crippen molar-refractivity contribution in [1.29, 1.82) is 0 Å². The van der Waals surface area contributed by atoms with Crippen LogP contribution in [-0.2, 0) is 9.47 Å². The molecule has 1 saturated heterocycles. The first-order valence-electron chi connectivity index (χ1n) is 9.58. The molecule has 0 amide bonds. The Balaban J connectivity index is 1.58. The zero-order valence-corrected chi connectivity index (χ0v) is 16.1. The molecule has 4 nitrogen and oxygen atoms in total. The first-order valence-corrected chi connectivity index (χ1v) is 9.58. The standard InChI is InChI=1S/C23H26O4/c1-15-12-16(2)23(14-27-22(24)18-8-5-4-6-9-18)13-26-21(20(15)17(23)3)19-10-7-11-25-19/h4-12,16-17,20-21H,13-14H2,1-3H3/t16?,17?,20-,21?,23+/m1/s1. The molecule has 2 aromatic rings. The molecule has 5 atom stereocenters. The van der Waals surface area contributed by atoms with Gasteiger partial charge in [-0.1, -0.05) is 43.7 Å². The third kappa shape index (κ3) is 3.02. The zero-order valence-electron chi connectivity index (χ0n) is 16.1. The van der Waals surface area contributed by atoms with E-state index >= 15 is 0 Å². The van der Waals surface area contributed by atoms with Crippen LogP contribution in [0.25, 0.3) is 0 Å². The molecule has 0 saturated carbocycles. The fourth-order valence-corrected chi connectivity index (χ4v) is 4.82. The molecule has 1 aromatic carbocycles. The summed E-state index contributed by atoms with van der Waals surface area (Å²) in [4.78, 5) is 12.5. The van der Waals surface area contributed by atoms with Gasteiger partial charge in [-0.3, -0.25) is 0 Å². The van der Waals surface area contributed by atoms with Crippen molar-refractivity contribution in [3.8, 4) is 0 Å². The monoisotopic (exact) mass is 366 g/mol.